The minimum atomic E-state index is -4.96. The van der Waals surface area contributed by atoms with Crippen molar-refractivity contribution in [3.8, 4) is 0 Å². The minimum Gasteiger partial charge on any atom is -0.462 e. The van der Waals surface area contributed by atoms with Gasteiger partial charge in [0.1, 0.15) is 19.3 Å². The minimum absolute atomic E-state index is 0.104. The summed E-state index contributed by atoms with van der Waals surface area (Å²) in [6.07, 6.45) is 51.5. The summed E-state index contributed by atoms with van der Waals surface area (Å²) in [6.45, 7) is 11.8. The molecule has 0 fully saturated rings. The van der Waals surface area contributed by atoms with Crippen molar-refractivity contribution in [2.24, 2.45) is 17.8 Å². The van der Waals surface area contributed by atoms with Gasteiger partial charge in [-0.3, -0.25) is 37.3 Å². The van der Waals surface area contributed by atoms with Crippen molar-refractivity contribution in [3.63, 3.8) is 0 Å². The molecular weight excluding hydrogens is 1230 g/mol. The number of hydrogen-bond acceptors (Lipinski definition) is 15. The monoisotopic (exact) mass is 1380 g/mol. The Morgan fingerprint density at radius 2 is 0.543 bits per heavy atom. The van der Waals surface area contributed by atoms with Crippen LogP contribution in [-0.4, -0.2) is 96.7 Å². The zero-order chi connectivity index (χ0) is 69.4. The van der Waals surface area contributed by atoms with Crippen LogP contribution >= 0.6 is 15.6 Å². The zero-order valence-corrected chi connectivity index (χ0v) is 63.2. The smallest absolute Gasteiger partial charge is 0.462 e. The van der Waals surface area contributed by atoms with E-state index in [1.165, 1.54) is 186 Å². The topological polar surface area (TPSA) is 237 Å². The third-order valence-corrected chi connectivity index (χ3v) is 19.6. The van der Waals surface area contributed by atoms with Gasteiger partial charge in [0.2, 0.25) is 0 Å². The van der Waals surface area contributed by atoms with E-state index in [0.717, 1.165) is 108 Å². The lowest BCUT2D eigenvalue weighted by Gasteiger charge is -2.21. The summed E-state index contributed by atoms with van der Waals surface area (Å²) < 4.78 is 68.5. The van der Waals surface area contributed by atoms with Crippen molar-refractivity contribution in [2.45, 2.75) is 401 Å². The Labute approximate surface area is 575 Å². The number of aliphatic hydroxyl groups is 1. The van der Waals surface area contributed by atoms with Crippen LogP contribution in [0, 0.1) is 17.8 Å². The van der Waals surface area contributed by atoms with Crippen LogP contribution < -0.4 is 0 Å². The quantitative estimate of drug-likeness (QED) is 0.0222. The van der Waals surface area contributed by atoms with E-state index >= 15 is 0 Å². The van der Waals surface area contributed by atoms with E-state index in [2.05, 4.69) is 48.5 Å². The largest absolute Gasteiger partial charge is 0.472 e. The highest BCUT2D eigenvalue weighted by Gasteiger charge is 2.30. The molecule has 0 aromatic carbocycles. The van der Waals surface area contributed by atoms with Crippen molar-refractivity contribution in [3.05, 3.63) is 0 Å². The molecule has 0 rings (SSSR count). The summed E-state index contributed by atoms with van der Waals surface area (Å²) in [5.41, 5.74) is 0. The van der Waals surface area contributed by atoms with Crippen LogP contribution in [-0.2, 0) is 65.4 Å². The molecule has 0 spiro atoms. The number of carbonyl (C=O) groups is 4. The first-order valence-electron chi connectivity index (χ1n) is 38.9. The van der Waals surface area contributed by atoms with Crippen molar-refractivity contribution in [1.29, 1.82) is 0 Å². The standard InChI is InChI=1S/C75H146O17P2/c1-8-10-11-12-13-14-15-16-17-18-19-20-21-26-29-35-44-51-58-74(79)91-70(62-85-72(77)56-49-42-34-28-25-23-22-24-27-32-39-46-53-66(3)4)64-89-93(81,82)87-60-69(76)61-88-94(83,84)90-65-71(63-86-73(78)57-50-43-38-37-40-47-54-67(5)6)92-75(80)59-52-45-36-31-30-33-41-48-55-68(7)9-2/h66-71,76H,8-65H2,1-7H3,(H,81,82)(H,83,84)/t68?,69-,70-,71-/m1/s1. The van der Waals surface area contributed by atoms with Crippen LogP contribution in [0.5, 0.6) is 0 Å². The summed E-state index contributed by atoms with van der Waals surface area (Å²) in [5.74, 6) is 0.108. The highest BCUT2D eigenvalue weighted by atomic mass is 31.2. The number of ether oxygens (including phenoxy) is 4. The highest BCUT2D eigenvalue weighted by Crippen LogP contribution is 2.45. The van der Waals surface area contributed by atoms with Gasteiger partial charge in [0.05, 0.1) is 26.4 Å². The second-order valence-corrected chi connectivity index (χ2v) is 31.1. The molecule has 94 heavy (non-hydrogen) atoms. The molecule has 0 heterocycles. The Hall–Kier alpha value is -1.94. The second-order valence-electron chi connectivity index (χ2n) is 28.2. The molecule has 17 nitrogen and oxygen atoms in total. The third-order valence-electron chi connectivity index (χ3n) is 17.7. The lowest BCUT2D eigenvalue weighted by molar-refractivity contribution is -0.161. The lowest BCUT2D eigenvalue weighted by Crippen LogP contribution is -2.30. The predicted molar refractivity (Wildman–Crippen MR) is 381 cm³/mol. The van der Waals surface area contributed by atoms with Gasteiger partial charge in [-0.15, -0.1) is 0 Å². The van der Waals surface area contributed by atoms with Gasteiger partial charge in [0.15, 0.2) is 12.2 Å². The van der Waals surface area contributed by atoms with Crippen LogP contribution in [0.1, 0.15) is 382 Å². The molecule has 0 saturated carbocycles. The first-order valence-corrected chi connectivity index (χ1v) is 41.9. The van der Waals surface area contributed by atoms with Crippen LogP contribution in [0.4, 0.5) is 0 Å². The summed E-state index contributed by atoms with van der Waals surface area (Å²) in [7, 11) is -9.91. The first kappa shape index (κ1) is 92.1. The molecule has 3 N–H and O–H groups in total. The van der Waals surface area contributed by atoms with Crippen molar-refractivity contribution >= 4 is 39.5 Å². The van der Waals surface area contributed by atoms with Gasteiger partial charge in [0.25, 0.3) is 0 Å². The normalized spacial score (nSPS) is 14.4. The zero-order valence-electron chi connectivity index (χ0n) is 61.4. The molecule has 0 saturated heterocycles. The summed E-state index contributed by atoms with van der Waals surface area (Å²) in [5, 5.41) is 10.6. The predicted octanol–water partition coefficient (Wildman–Crippen LogP) is 21.8. The van der Waals surface area contributed by atoms with Crippen LogP contribution in [0.25, 0.3) is 0 Å². The molecule has 0 aliphatic heterocycles. The molecular formula is C75H146O17P2. The van der Waals surface area contributed by atoms with E-state index in [1.807, 2.05) is 0 Å². The molecule has 0 bridgehead atoms. The Balaban J connectivity index is 5.24. The Morgan fingerprint density at radius 1 is 0.309 bits per heavy atom. The third kappa shape index (κ3) is 67.3. The van der Waals surface area contributed by atoms with E-state index in [1.54, 1.807) is 0 Å². The van der Waals surface area contributed by atoms with E-state index in [-0.39, 0.29) is 25.7 Å². The number of unbranched alkanes of at least 4 members (excludes halogenated alkanes) is 40. The molecule has 0 aliphatic carbocycles. The van der Waals surface area contributed by atoms with E-state index in [0.29, 0.717) is 31.6 Å². The van der Waals surface area contributed by atoms with E-state index in [9.17, 15) is 43.2 Å². The fourth-order valence-corrected chi connectivity index (χ4v) is 13.0. The van der Waals surface area contributed by atoms with Gasteiger partial charge in [0, 0.05) is 25.7 Å². The molecule has 558 valence electrons. The van der Waals surface area contributed by atoms with E-state index in [4.69, 9.17) is 37.0 Å². The summed E-state index contributed by atoms with van der Waals surface area (Å²) >= 11 is 0. The molecule has 0 radical (unpaired) electrons. The van der Waals surface area contributed by atoms with Crippen LogP contribution in [0.2, 0.25) is 0 Å². The maximum absolute atomic E-state index is 13.1. The number of rotatable bonds is 73. The van der Waals surface area contributed by atoms with Crippen molar-refractivity contribution < 1.29 is 80.2 Å². The van der Waals surface area contributed by atoms with Gasteiger partial charge < -0.3 is 33.8 Å². The summed E-state index contributed by atoms with van der Waals surface area (Å²) in [4.78, 5) is 72.7. The van der Waals surface area contributed by atoms with E-state index < -0.39 is 97.5 Å². The Kier molecular flexibility index (Phi) is 64.3. The van der Waals surface area contributed by atoms with Crippen molar-refractivity contribution in [1.82, 2.24) is 0 Å². The molecule has 0 aliphatic rings. The summed E-state index contributed by atoms with van der Waals surface area (Å²) in [6, 6.07) is 0. The van der Waals surface area contributed by atoms with Crippen LogP contribution in [0.3, 0.4) is 0 Å². The molecule has 0 aromatic heterocycles. The molecule has 3 unspecified atom stereocenters. The maximum atomic E-state index is 13.1. The number of carbonyl (C=O) groups excluding carboxylic acids is 4. The number of hydrogen-bond donors (Lipinski definition) is 3. The Morgan fingerprint density at radius 3 is 0.809 bits per heavy atom. The van der Waals surface area contributed by atoms with Gasteiger partial charge in [-0.2, -0.15) is 0 Å². The van der Waals surface area contributed by atoms with Gasteiger partial charge in [-0.25, -0.2) is 9.13 Å². The fraction of sp³-hybridized carbons (Fsp3) is 0.947. The molecule has 6 atom stereocenters. The number of aliphatic hydroxyl groups excluding tert-OH is 1. The number of esters is 4. The number of phosphoric ester groups is 2. The molecule has 0 aromatic rings. The molecule has 19 heteroatoms. The average Bonchev–Trinajstić information content (AvgIpc) is 3.18. The SMILES string of the molecule is CCCCCCCCCCCCCCCCCCCCC(=O)O[C@H](COC(=O)CCCCCCCCCCCCCCC(C)C)COP(=O)(O)OC[C@@H](O)COP(=O)(O)OC[C@@H](COC(=O)CCCCCCCCC(C)C)OC(=O)CCCCCCCCCCC(C)CC. The average molecular weight is 1380 g/mol. The fourth-order valence-electron chi connectivity index (χ4n) is 11.4. The van der Waals surface area contributed by atoms with Crippen LogP contribution in [0.15, 0.2) is 0 Å². The maximum Gasteiger partial charge on any atom is 0.472 e. The highest BCUT2D eigenvalue weighted by molar-refractivity contribution is 7.47. The Bertz CT molecular complexity index is 1840. The van der Waals surface area contributed by atoms with Gasteiger partial charge in [-0.1, -0.05) is 331 Å². The molecule has 0 amide bonds. The van der Waals surface area contributed by atoms with Gasteiger partial charge in [-0.05, 0) is 43.4 Å². The van der Waals surface area contributed by atoms with Crippen molar-refractivity contribution in [2.75, 3.05) is 39.6 Å². The van der Waals surface area contributed by atoms with Gasteiger partial charge >= 0.3 is 39.5 Å². The lowest BCUT2D eigenvalue weighted by atomic mass is 9.99. The number of phosphoric acid groups is 2. The first-order chi connectivity index (χ1) is 45.3. The second kappa shape index (κ2) is 65.7.